The van der Waals surface area contributed by atoms with Crippen LogP contribution in [0.1, 0.15) is 5.56 Å². The summed E-state index contributed by atoms with van der Waals surface area (Å²) in [7, 11) is 3.13. The fourth-order valence-electron chi connectivity index (χ4n) is 3.16. The molecule has 152 valence electrons. The fraction of sp³-hybridized carbons (Fsp3) is 0.125. The predicted molar refractivity (Wildman–Crippen MR) is 119 cm³/mol. The molecule has 5 nitrogen and oxygen atoms in total. The van der Waals surface area contributed by atoms with Crippen LogP contribution in [0.3, 0.4) is 0 Å². The van der Waals surface area contributed by atoms with Crippen LogP contribution in [0, 0.1) is 0 Å². The molecule has 6 heteroatoms. The Bertz CT molecular complexity index is 1240. The summed E-state index contributed by atoms with van der Waals surface area (Å²) < 4.78 is 23.8. The molecular formula is C24H19BrO5. The number of hydrogen-bond acceptors (Lipinski definition) is 5. The normalized spacial score (nSPS) is 10.8. The lowest BCUT2D eigenvalue weighted by Crippen LogP contribution is -2.10. The van der Waals surface area contributed by atoms with Crippen LogP contribution in [0.25, 0.3) is 22.3 Å². The molecule has 0 radical (unpaired) electrons. The lowest BCUT2D eigenvalue weighted by Gasteiger charge is -2.13. The van der Waals surface area contributed by atoms with Crippen LogP contribution < -0.4 is 19.6 Å². The highest BCUT2D eigenvalue weighted by Crippen LogP contribution is 2.36. The van der Waals surface area contributed by atoms with E-state index >= 15 is 0 Å². The van der Waals surface area contributed by atoms with E-state index in [1.807, 2.05) is 30.3 Å². The van der Waals surface area contributed by atoms with E-state index in [1.54, 1.807) is 50.6 Å². The standard InChI is InChI=1S/C24H19BrO5/c1-27-20-12-9-16(13-21(20)28-2)23-24(29-14-15-7-10-17(25)11-8-15)22(26)18-5-3-4-6-19(18)30-23/h3-13H,14H2,1-2H3. The van der Waals surface area contributed by atoms with Gasteiger partial charge in [0.25, 0.3) is 0 Å². The maximum absolute atomic E-state index is 13.2. The topological polar surface area (TPSA) is 57.9 Å². The van der Waals surface area contributed by atoms with E-state index in [0.29, 0.717) is 33.8 Å². The molecule has 0 bridgehead atoms. The lowest BCUT2D eigenvalue weighted by molar-refractivity contribution is 0.298. The van der Waals surface area contributed by atoms with Crippen LogP contribution in [-0.2, 0) is 6.61 Å². The Kier molecular flexibility index (Phi) is 5.77. The minimum absolute atomic E-state index is 0.156. The number of methoxy groups -OCH3 is 2. The first-order valence-corrected chi connectivity index (χ1v) is 10.1. The number of fused-ring (bicyclic) bond motifs is 1. The van der Waals surface area contributed by atoms with E-state index in [1.165, 1.54) is 0 Å². The molecule has 3 aromatic carbocycles. The Labute approximate surface area is 181 Å². The molecule has 4 rings (SSSR count). The molecule has 1 heterocycles. The summed E-state index contributed by atoms with van der Waals surface area (Å²) in [4.78, 5) is 13.2. The van der Waals surface area contributed by atoms with Crippen LogP contribution in [0.2, 0.25) is 0 Å². The molecule has 30 heavy (non-hydrogen) atoms. The number of halogens is 1. The second kappa shape index (κ2) is 8.63. The van der Waals surface area contributed by atoms with Gasteiger partial charge in [-0.3, -0.25) is 4.79 Å². The van der Waals surface area contributed by atoms with Gasteiger partial charge < -0.3 is 18.6 Å². The number of para-hydroxylation sites is 1. The van der Waals surface area contributed by atoms with Crippen LogP contribution >= 0.6 is 15.9 Å². The minimum Gasteiger partial charge on any atom is -0.493 e. The lowest BCUT2D eigenvalue weighted by atomic mass is 10.1. The average molecular weight is 467 g/mol. The van der Waals surface area contributed by atoms with Crippen molar-refractivity contribution in [3.8, 4) is 28.6 Å². The minimum atomic E-state index is -0.223. The molecule has 0 aliphatic heterocycles. The zero-order valence-corrected chi connectivity index (χ0v) is 18.1. The van der Waals surface area contributed by atoms with Crippen molar-refractivity contribution in [3.63, 3.8) is 0 Å². The molecule has 0 saturated heterocycles. The first kappa shape index (κ1) is 20.0. The van der Waals surface area contributed by atoms with E-state index in [0.717, 1.165) is 10.0 Å². The molecule has 0 unspecified atom stereocenters. The van der Waals surface area contributed by atoms with Crippen LogP contribution in [0.5, 0.6) is 17.2 Å². The van der Waals surface area contributed by atoms with Crippen LogP contribution in [-0.4, -0.2) is 14.2 Å². The van der Waals surface area contributed by atoms with E-state index in [4.69, 9.17) is 18.6 Å². The second-order valence-electron chi connectivity index (χ2n) is 6.57. The Morgan fingerprint density at radius 1 is 0.900 bits per heavy atom. The van der Waals surface area contributed by atoms with Crippen molar-refractivity contribution in [3.05, 3.63) is 87.0 Å². The van der Waals surface area contributed by atoms with Crippen molar-refractivity contribution in [2.75, 3.05) is 14.2 Å². The van der Waals surface area contributed by atoms with E-state index in [-0.39, 0.29) is 17.8 Å². The maximum Gasteiger partial charge on any atom is 0.235 e. The summed E-state index contributed by atoms with van der Waals surface area (Å²) in [6.45, 7) is 0.233. The summed E-state index contributed by atoms with van der Waals surface area (Å²) in [5.74, 6) is 1.62. The largest absolute Gasteiger partial charge is 0.493 e. The van der Waals surface area contributed by atoms with Gasteiger partial charge in [0.2, 0.25) is 11.2 Å². The SMILES string of the molecule is COc1ccc(-c2oc3ccccc3c(=O)c2OCc2ccc(Br)cc2)cc1OC. The van der Waals surface area contributed by atoms with Crippen molar-refractivity contribution in [1.29, 1.82) is 0 Å². The summed E-state index contributed by atoms with van der Waals surface area (Å²) in [6.07, 6.45) is 0. The Hall–Kier alpha value is -3.25. The van der Waals surface area contributed by atoms with Crippen molar-refractivity contribution in [2.24, 2.45) is 0 Å². The zero-order chi connectivity index (χ0) is 21.1. The quantitative estimate of drug-likeness (QED) is 0.358. The first-order valence-electron chi connectivity index (χ1n) is 9.26. The van der Waals surface area contributed by atoms with Gasteiger partial charge in [-0.25, -0.2) is 0 Å². The highest BCUT2D eigenvalue weighted by atomic mass is 79.9. The summed E-state index contributed by atoms with van der Waals surface area (Å²) in [5.41, 5.74) is 1.85. The second-order valence-corrected chi connectivity index (χ2v) is 7.49. The Morgan fingerprint density at radius 2 is 1.63 bits per heavy atom. The Balaban J connectivity index is 1.84. The monoisotopic (exact) mass is 466 g/mol. The maximum atomic E-state index is 13.2. The van der Waals surface area contributed by atoms with Gasteiger partial charge in [-0.15, -0.1) is 0 Å². The van der Waals surface area contributed by atoms with Crippen molar-refractivity contribution in [1.82, 2.24) is 0 Å². The number of rotatable bonds is 6. The molecule has 4 aromatic rings. The first-order chi connectivity index (χ1) is 14.6. The number of ether oxygens (including phenoxy) is 3. The van der Waals surface area contributed by atoms with Gasteiger partial charge in [0.1, 0.15) is 12.2 Å². The van der Waals surface area contributed by atoms with Crippen molar-refractivity contribution in [2.45, 2.75) is 6.61 Å². The van der Waals surface area contributed by atoms with Crippen molar-refractivity contribution < 1.29 is 18.6 Å². The van der Waals surface area contributed by atoms with E-state index in [9.17, 15) is 4.79 Å². The highest BCUT2D eigenvalue weighted by molar-refractivity contribution is 9.10. The van der Waals surface area contributed by atoms with Gasteiger partial charge in [0, 0.05) is 10.0 Å². The molecule has 0 spiro atoms. The van der Waals surface area contributed by atoms with Gasteiger partial charge in [-0.1, -0.05) is 40.2 Å². The molecule has 1 aromatic heterocycles. The zero-order valence-electron chi connectivity index (χ0n) is 16.5. The predicted octanol–water partition coefficient (Wildman–Crippen LogP) is 5.82. The van der Waals surface area contributed by atoms with E-state index in [2.05, 4.69) is 15.9 Å². The summed E-state index contributed by atoms with van der Waals surface area (Å²) >= 11 is 3.42. The molecule has 0 aliphatic carbocycles. The van der Waals surface area contributed by atoms with Crippen LogP contribution in [0.15, 0.2) is 80.4 Å². The molecule has 0 atom stereocenters. The van der Waals surface area contributed by atoms with Gasteiger partial charge >= 0.3 is 0 Å². The molecule has 0 fully saturated rings. The molecular weight excluding hydrogens is 448 g/mol. The number of benzene rings is 3. The van der Waals surface area contributed by atoms with Gasteiger partial charge in [-0.2, -0.15) is 0 Å². The van der Waals surface area contributed by atoms with Crippen molar-refractivity contribution >= 4 is 26.9 Å². The van der Waals surface area contributed by atoms with Gasteiger partial charge in [0.15, 0.2) is 17.3 Å². The third kappa shape index (κ3) is 3.91. The van der Waals surface area contributed by atoms with Gasteiger partial charge in [-0.05, 0) is 48.0 Å². The Morgan fingerprint density at radius 3 is 2.37 bits per heavy atom. The fourth-order valence-corrected chi connectivity index (χ4v) is 3.42. The molecule has 0 saturated carbocycles. The smallest absolute Gasteiger partial charge is 0.235 e. The van der Waals surface area contributed by atoms with E-state index < -0.39 is 0 Å². The summed E-state index contributed by atoms with van der Waals surface area (Å²) in [6, 6.07) is 20.2. The van der Waals surface area contributed by atoms with Crippen LogP contribution in [0.4, 0.5) is 0 Å². The highest BCUT2D eigenvalue weighted by Gasteiger charge is 2.19. The third-order valence-electron chi connectivity index (χ3n) is 4.70. The molecule has 0 amide bonds. The molecule has 0 N–H and O–H groups in total. The van der Waals surface area contributed by atoms with Gasteiger partial charge in [0.05, 0.1) is 19.6 Å². The third-order valence-corrected chi connectivity index (χ3v) is 5.23. The average Bonchev–Trinajstić information content (AvgIpc) is 2.79. The summed E-state index contributed by atoms with van der Waals surface area (Å²) in [5, 5.41) is 0.465. The molecule has 0 aliphatic rings. The number of hydrogen-bond donors (Lipinski definition) is 0.